The van der Waals surface area contributed by atoms with Crippen molar-refractivity contribution >= 4 is 40.8 Å². The lowest BCUT2D eigenvalue weighted by Gasteiger charge is -2.24. The molecule has 6 nitrogen and oxygen atoms in total. The van der Waals surface area contributed by atoms with Crippen molar-refractivity contribution in [1.29, 1.82) is 0 Å². The van der Waals surface area contributed by atoms with Gasteiger partial charge in [-0.15, -0.1) is 11.8 Å². The van der Waals surface area contributed by atoms with E-state index in [1.54, 1.807) is 23.3 Å². The molecule has 2 aliphatic heterocycles. The molecule has 0 unspecified atom stereocenters. The third kappa shape index (κ3) is 4.67. The molecule has 1 aromatic heterocycles. The van der Waals surface area contributed by atoms with Gasteiger partial charge in [0.15, 0.2) is 4.80 Å². The Balaban J connectivity index is 1.60. The summed E-state index contributed by atoms with van der Waals surface area (Å²) in [6.07, 6.45) is 6.40. The maximum absolute atomic E-state index is 13.7. The Bertz CT molecular complexity index is 1480. The van der Waals surface area contributed by atoms with Gasteiger partial charge in [-0.2, -0.15) is 0 Å². The molecule has 3 heterocycles. The molecule has 2 aliphatic rings. The number of ether oxygens (including phenoxy) is 1. The largest absolute Gasteiger partial charge is 0.463 e. The van der Waals surface area contributed by atoms with Crippen LogP contribution in [0, 0.1) is 0 Å². The zero-order chi connectivity index (χ0) is 25.2. The predicted octanol–water partition coefficient (Wildman–Crippen LogP) is 4.12. The van der Waals surface area contributed by atoms with Crippen molar-refractivity contribution in [2.45, 2.75) is 37.6 Å². The molecule has 5 rings (SSSR count). The van der Waals surface area contributed by atoms with E-state index in [2.05, 4.69) is 34.2 Å². The number of hydrogen-bond acceptors (Lipinski definition) is 7. The summed E-state index contributed by atoms with van der Waals surface area (Å²) in [5.74, 6) is -0.440. The molecule has 0 bridgehead atoms. The monoisotopic (exact) mass is 519 g/mol. The molecule has 0 spiro atoms. The molecular formula is C28H29N3O3S2. The maximum atomic E-state index is 13.7. The molecule has 186 valence electrons. The summed E-state index contributed by atoms with van der Waals surface area (Å²) < 4.78 is 7.60. The Morgan fingerprint density at radius 2 is 1.83 bits per heavy atom. The van der Waals surface area contributed by atoms with Gasteiger partial charge in [0.2, 0.25) is 0 Å². The lowest BCUT2D eigenvalue weighted by Crippen LogP contribution is -2.39. The second-order valence-electron chi connectivity index (χ2n) is 8.86. The minimum Gasteiger partial charge on any atom is -0.463 e. The number of hydrogen-bond donors (Lipinski definition) is 0. The number of carbonyl (C=O) groups excluding carboxylic acids is 1. The molecule has 0 saturated carbocycles. The molecule has 0 radical (unpaired) electrons. The Hall–Kier alpha value is -3.10. The number of esters is 1. The van der Waals surface area contributed by atoms with Crippen LogP contribution in [0.15, 0.2) is 74.5 Å². The molecule has 36 heavy (non-hydrogen) atoms. The first-order chi connectivity index (χ1) is 17.5. The molecule has 0 N–H and O–H groups in total. The smallest absolute Gasteiger partial charge is 0.338 e. The van der Waals surface area contributed by atoms with Crippen molar-refractivity contribution in [2.75, 3.05) is 30.9 Å². The predicted molar refractivity (Wildman–Crippen MR) is 147 cm³/mol. The summed E-state index contributed by atoms with van der Waals surface area (Å²) in [7, 11) is 0. The molecule has 0 aliphatic carbocycles. The highest BCUT2D eigenvalue weighted by Crippen LogP contribution is 2.31. The number of allylic oxidation sites excluding steroid dienone is 1. The van der Waals surface area contributed by atoms with Crippen LogP contribution in [-0.2, 0) is 9.53 Å². The van der Waals surface area contributed by atoms with E-state index >= 15 is 0 Å². The van der Waals surface area contributed by atoms with E-state index in [1.807, 2.05) is 43.5 Å². The van der Waals surface area contributed by atoms with Crippen LogP contribution >= 0.6 is 23.1 Å². The van der Waals surface area contributed by atoms with Crippen LogP contribution in [0.5, 0.6) is 0 Å². The second kappa shape index (κ2) is 10.5. The van der Waals surface area contributed by atoms with Gasteiger partial charge >= 0.3 is 5.97 Å². The molecule has 8 heteroatoms. The van der Waals surface area contributed by atoms with Crippen LogP contribution in [0.4, 0.5) is 5.69 Å². The van der Waals surface area contributed by atoms with Crippen molar-refractivity contribution < 1.29 is 9.53 Å². The van der Waals surface area contributed by atoms with Crippen LogP contribution in [-0.4, -0.2) is 36.5 Å². The number of rotatable bonds is 6. The number of fused-ring (bicyclic) bond motifs is 1. The molecule has 1 saturated heterocycles. The van der Waals surface area contributed by atoms with Gasteiger partial charge in [-0.05, 0) is 74.4 Å². The summed E-state index contributed by atoms with van der Waals surface area (Å²) in [5.41, 5.74) is 3.86. The van der Waals surface area contributed by atoms with Crippen LogP contribution < -0.4 is 19.8 Å². The SMILES string of the molecule is CCOC(=O)C1=C(C)N=c2s/c(=C/c3ccc(N4CCCC4)cc3)c(=O)n2[C@H]1c1ccc(SC)cc1. The van der Waals surface area contributed by atoms with E-state index in [9.17, 15) is 9.59 Å². The third-order valence-corrected chi connectivity index (χ3v) is 8.34. The van der Waals surface area contributed by atoms with Crippen molar-refractivity contribution in [2.24, 2.45) is 4.99 Å². The van der Waals surface area contributed by atoms with E-state index in [0.717, 1.165) is 29.1 Å². The van der Waals surface area contributed by atoms with Gasteiger partial charge in [-0.25, -0.2) is 9.79 Å². The average Bonchev–Trinajstić information content (AvgIpc) is 3.53. The average molecular weight is 520 g/mol. The van der Waals surface area contributed by atoms with E-state index in [-0.39, 0.29) is 12.2 Å². The normalized spacial score (nSPS) is 17.8. The summed E-state index contributed by atoms with van der Waals surface area (Å²) in [6, 6.07) is 15.7. The van der Waals surface area contributed by atoms with Crippen molar-refractivity contribution in [3.63, 3.8) is 0 Å². The molecule has 3 aromatic rings. The fourth-order valence-corrected chi connectivity index (χ4v) is 6.26. The van der Waals surface area contributed by atoms with Crippen molar-refractivity contribution in [3.8, 4) is 0 Å². The standard InChI is InChI=1S/C28H29N3O3S2/c1-4-34-27(33)24-18(2)29-28-31(25(24)20-9-13-22(35-3)14-10-20)26(32)23(36-28)17-19-7-11-21(12-8-19)30-15-5-6-16-30/h7-14,17,25H,4-6,15-16H2,1-3H3/b23-17+/t25-/m0/s1. The quantitative estimate of drug-likeness (QED) is 0.362. The van der Waals surface area contributed by atoms with Crippen LogP contribution in [0.25, 0.3) is 6.08 Å². The van der Waals surface area contributed by atoms with Gasteiger partial charge in [0.1, 0.15) is 0 Å². The number of aromatic nitrogens is 1. The lowest BCUT2D eigenvalue weighted by atomic mass is 9.96. The highest BCUT2D eigenvalue weighted by molar-refractivity contribution is 7.98. The van der Waals surface area contributed by atoms with Gasteiger partial charge < -0.3 is 9.64 Å². The highest BCUT2D eigenvalue weighted by Gasteiger charge is 2.33. The first-order valence-electron chi connectivity index (χ1n) is 12.2. The van der Waals surface area contributed by atoms with Crippen LogP contribution in [0.2, 0.25) is 0 Å². The van der Waals surface area contributed by atoms with Crippen LogP contribution in [0.3, 0.4) is 0 Å². The molecular weight excluding hydrogens is 490 g/mol. The topological polar surface area (TPSA) is 63.9 Å². The molecule has 2 aromatic carbocycles. The minimum absolute atomic E-state index is 0.157. The number of thioether (sulfide) groups is 1. The Morgan fingerprint density at radius 3 is 2.47 bits per heavy atom. The Kier molecular flexibility index (Phi) is 7.16. The minimum atomic E-state index is -0.587. The van der Waals surface area contributed by atoms with Gasteiger partial charge in [-0.1, -0.05) is 35.6 Å². The van der Waals surface area contributed by atoms with Crippen LogP contribution in [0.1, 0.15) is 43.9 Å². The number of nitrogens with zero attached hydrogens (tertiary/aromatic N) is 3. The Labute approximate surface area is 218 Å². The van der Waals surface area contributed by atoms with E-state index in [4.69, 9.17) is 4.74 Å². The third-order valence-electron chi connectivity index (χ3n) is 6.61. The first kappa shape index (κ1) is 24.6. The number of thiazole rings is 1. The zero-order valence-electron chi connectivity index (χ0n) is 20.7. The second-order valence-corrected chi connectivity index (χ2v) is 10.7. The molecule has 1 fully saturated rings. The lowest BCUT2D eigenvalue weighted by molar-refractivity contribution is -0.139. The fourth-order valence-electron chi connectivity index (χ4n) is 4.80. The maximum Gasteiger partial charge on any atom is 0.338 e. The molecule has 1 atom stereocenters. The fraction of sp³-hybridized carbons (Fsp3) is 0.321. The van der Waals surface area contributed by atoms with E-state index < -0.39 is 12.0 Å². The van der Waals surface area contributed by atoms with Gasteiger partial charge in [-0.3, -0.25) is 9.36 Å². The van der Waals surface area contributed by atoms with Crippen molar-refractivity contribution in [1.82, 2.24) is 4.57 Å². The summed E-state index contributed by atoms with van der Waals surface area (Å²) in [4.78, 5) is 35.5. The Morgan fingerprint density at radius 1 is 1.14 bits per heavy atom. The van der Waals surface area contributed by atoms with E-state index in [0.29, 0.717) is 20.6 Å². The zero-order valence-corrected chi connectivity index (χ0v) is 22.3. The number of benzene rings is 2. The number of anilines is 1. The number of carbonyl (C=O) groups is 1. The summed E-state index contributed by atoms with van der Waals surface area (Å²) in [5, 5.41) is 0. The summed E-state index contributed by atoms with van der Waals surface area (Å²) in [6.45, 7) is 6.03. The van der Waals surface area contributed by atoms with Gasteiger partial charge in [0, 0.05) is 23.7 Å². The first-order valence-corrected chi connectivity index (χ1v) is 14.2. The molecule has 0 amide bonds. The van der Waals surface area contributed by atoms with Crippen molar-refractivity contribution in [3.05, 3.63) is 90.6 Å². The highest BCUT2D eigenvalue weighted by atomic mass is 32.2. The van der Waals surface area contributed by atoms with Gasteiger partial charge in [0.25, 0.3) is 5.56 Å². The van der Waals surface area contributed by atoms with E-state index in [1.165, 1.54) is 29.9 Å². The summed E-state index contributed by atoms with van der Waals surface area (Å²) >= 11 is 3.00. The van der Waals surface area contributed by atoms with Gasteiger partial charge in [0.05, 0.1) is 28.5 Å².